The van der Waals surface area contributed by atoms with Crippen molar-refractivity contribution >= 4 is 21.6 Å². The first-order valence-electron chi connectivity index (χ1n) is 6.58. The summed E-state index contributed by atoms with van der Waals surface area (Å²) in [4.78, 5) is 0. The van der Waals surface area contributed by atoms with Crippen molar-refractivity contribution in [3.05, 3.63) is 30.3 Å². The lowest BCUT2D eigenvalue weighted by atomic mass is 9.81. The molecule has 1 aromatic rings. The molecule has 0 aromatic heterocycles. The maximum Gasteiger partial charge on any atom is 0 e. The fourth-order valence-electron chi connectivity index (χ4n) is 3.88. The molecule has 2 aliphatic heterocycles. The van der Waals surface area contributed by atoms with Crippen LogP contribution in [0.5, 0.6) is 0 Å². The average molecular weight is 243 g/mol. The van der Waals surface area contributed by atoms with Gasteiger partial charge >= 0.3 is 0 Å². The fraction of sp³-hybridized carbons (Fsp3) is 0.600. The summed E-state index contributed by atoms with van der Waals surface area (Å²) >= 11 is 0. The molecule has 0 spiro atoms. The molecule has 2 heteroatoms. The predicted octanol–water partition coefficient (Wildman–Crippen LogP) is 3.76. The molecule has 3 radical (unpaired) electrons. The number of benzene rings is 1. The Kier molecular flexibility index (Phi) is 3.69. The van der Waals surface area contributed by atoms with Gasteiger partial charge in [-0.05, 0) is 47.7 Å². The second-order valence-corrected chi connectivity index (χ2v) is 8.57. The molecule has 0 saturated carbocycles. The molecule has 3 rings (SSSR count). The minimum atomic E-state index is 0. The Labute approximate surface area is 109 Å². The molecule has 2 fully saturated rings. The van der Waals surface area contributed by atoms with E-state index in [0.717, 1.165) is 11.6 Å². The van der Waals surface area contributed by atoms with Crippen LogP contribution in [0.2, 0.25) is 0 Å². The standard InChI is InChI=1S/C15H21P.B/c1-12(2)15-10-8-14(9-11-15)16(15)13-6-4-3-5-7-13;/h3-7,12,14H,8-11H2,1-2H3;. The average Bonchev–Trinajstić information content (AvgIpc) is 2.86. The lowest BCUT2D eigenvalue weighted by Gasteiger charge is -2.36. The minimum absolute atomic E-state index is 0. The first-order chi connectivity index (χ1) is 7.74. The van der Waals surface area contributed by atoms with E-state index in [9.17, 15) is 0 Å². The van der Waals surface area contributed by atoms with Crippen molar-refractivity contribution in [2.24, 2.45) is 5.92 Å². The normalized spacial score (nSPS) is 35.0. The van der Waals surface area contributed by atoms with Gasteiger partial charge in [-0.25, -0.2) is 0 Å². The highest BCUT2D eigenvalue weighted by Crippen LogP contribution is 2.72. The highest BCUT2D eigenvalue weighted by atomic mass is 31.1. The van der Waals surface area contributed by atoms with Crippen LogP contribution in [0.15, 0.2) is 30.3 Å². The molecule has 0 N–H and O–H groups in total. The molecule has 1 unspecified atom stereocenters. The maximum absolute atomic E-state index is 2.45. The van der Waals surface area contributed by atoms with Gasteiger partial charge in [0.05, 0.1) is 0 Å². The van der Waals surface area contributed by atoms with Gasteiger partial charge in [0.25, 0.3) is 0 Å². The molecule has 2 bridgehead atoms. The van der Waals surface area contributed by atoms with Gasteiger partial charge in [-0.1, -0.05) is 52.1 Å². The molecule has 2 aliphatic rings. The van der Waals surface area contributed by atoms with Crippen LogP contribution in [0, 0.1) is 5.92 Å². The lowest BCUT2D eigenvalue weighted by molar-refractivity contribution is 0.357. The van der Waals surface area contributed by atoms with Gasteiger partial charge in [-0.3, -0.25) is 0 Å². The highest BCUT2D eigenvalue weighted by molar-refractivity contribution is 7.68. The van der Waals surface area contributed by atoms with Gasteiger partial charge in [0.15, 0.2) is 0 Å². The van der Waals surface area contributed by atoms with E-state index in [-0.39, 0.29) is 16.3 Å². The summed E-state index contributed by atoms with van der Waals surface area (Å²) in [6.45, 7) is 4.90. The second-order valence-electron chi connectivity index (χ2n) is 5.70. The van der Waals surface area contributed by atoms with E-state index in [1.165, 1.54) is 25.7 Å². The number of fused-ring (bicyclic) bond motifs is 2. The Morgan fingerprint density at radius 2 is 1.71 bits per heavy atom. The topological polar surface area (TPSA) is 0 Å². The van der Waals surface area contributed by atoms with Crippen LogP contribution >= 0.6 is 7.92 Å². The predicted molar refractivity (Wildman–Crippen MR) is 78.6 cm³/mol. The van der Waals surface area contributed by atoms with Crippen molar-refractivity contribution in [3.63, 3.8) is 0 Å². The van der Waals surface area contributed by atoms with E-state index in [2.05, 4.69) is 44.2 Å². The van der Waals surface area contributed by atoms with Crippen LogP contribution in [-0.4, -0.2) is 19.2 Å². The number of hydrogen-bond acceptors (Lipinski definition) is 0. The van der Waals surface area contributed by atoms with Crippen LogP contribution in [0.4, 0.5) is 0 Å². The molecule has 2 saturated heterocycles. The third kappa shape index (κ3) is 1.87. The molecule has 17 heavy (non-hydrogen) atoms. The van der Waals surface area contributed by atoms with Crippen LogP contribution in [0.1, 0.15) is 39.5 Å². The van der Waals surface area contributed by atoms with Gasteiger partial charge in [-0.15, -0.1) is 0 Å². The van der Waals surface area contributed by atoms with Gasteiger partial charge < -0.3 is 0 Å². The van der Waals surface area contributed by atoms with Crippen LogP contribution in [0.3, 0.4) is 0 Å². The SMILES string of the molecule is CC(C)C12CCC(CC1)P2c1ccccc1.[B]. The van der Waals surface area contributed by atoms with E-state index >= 15 is 0 Å². The smallest absolute Gasteiger partial charge is 0 e. The molecule has 89 valence electrons. The Balaban J connectivity index is 0.00000108. The number of rotatable bonds is 2. The Morgan fingerprint density at radius 1 is 1.12 bits per heavy atom. The Bertz CT molecular complexity index is 366. The largest absolute Gasteiger partial charge is 0.0655 e. The minimum Gasteiger partial charge on any atom is -0.0655 e. The Morgan fingerprint density at radius 3 is 2.24 bits per heavy atom. The fourth-order valence-corrected chi connectivity index (χ4v) is 8.10. The van der Waals surface area contributed by atoms with Crippen LogP contribution in [0.25, 0.3) is 0 Å². The van der Waals surface area contributed by atoms with Gasteiger partial charge in [-0.2, -0.15) is 0 Å². The van der Waals surface area contributed by atoms with Crippen molar-refractivity contribution in [2.75, 3.05) is 0 Å². The summed E-state index contributed by atoms with van der Waals surface area (Å²) in [5.41, 5.74) is 1.04. The monoisotopic (exact) mass is 243 g/mol. The molecule has 1 aromatic carbocycles. The van der Waals surface area contributed by atoms with Crippen molar-refractivity contribution in [3.8, 4) is 0 Å². The highest BCUT2D eigenvalue weighted by Gasteiger charge is 2.54. The summed E-state index contributed by atoms with van der Waals surface area (Å²) in [7, 11) is 0.125. The van der Waals surface area contributed by atoms with Crippen molar-refractivity contribution in [2.45, 2.75) is 50.3 Å². The third-order valence-electron chi connectivity index (χ3n) is 4.77. The molecular formula is C15H21BP. The lowest BCUT2D eigenvalue weighted by Crippen LogP contribution is -2.30. The molecule has 0 nitrogen and oxygen atoms in total. The van der Waals surface area contributed by atoms with Gasteiger partial charge in [0, 0.05) is 8.41 Å². The molecular weight excluding hydrogens is 222 g/mol. The van der Waals surface area contributed by atoms with Crippen LogP contribution < -0.4 is 5.30 Å². The summed E-state index contributed by atoms with van der Waals surface area (Å²) in [5.74, 6) is 0.867. The summed E-state index contributed by atoms with van der Waals surface area (Å²) < 4.78 is 0. The summed E-state index contributed by atoms with van der Waals surface area (Å²) in [6.07, 6.45) is 5.99. The second kappa shape index (κ2) is 4.77. The molecule has 1 atom stereocenters. The van der Waals surface area contributed by atoms with Crippen molar-refractivity contribution in [1.82, 2.24) is 0 Å². The van der Waals surface area contributed by atoms with Crippen LogP contribution in [-0.2, 0) is 0 Å². The summed E-state index contributed by atoms with van der Waals surface area (Å²) in [6, 6.07) is 11.4. The Hall–Kier alpha value is -0.285. The first-order valence-corrected chi connectivity index (χ1v) is 7.99. The zero-order valence-corrected chi connectivity index (χ0v) is 11.8. The van der Waals surface area contributed by atoms with E-state index in [0.29, 0.717) is 5.16 Å². The van der Waals surface area contributed by atoms with Crippen molar-refractivity contribution < 1.29 is 0 Å². The quantitative estimate of drug-likeness (QED) is 0.548. The zero-order valence-electron chi connectivity index (χ0n) is 10.9. The molecule has 0 amide bonds. The van der Waals surface area contributed by atoms with Gasteiger partial charge in [0.2, 0.25) is 0 Å². The van der Waals surface area contributed by atoms with Crippen molar-refractivity contribution in [1.29, 1.82) is 0 Å². The van der Waals surface area contributed by atoms with E-state index in [1.54, 1.807) is 5.30 Å². The third-order valence-corrected chi connectivity index (χ3v) is 8.80. The maximum atomic E-state index is 2.45. The van der Waals surface area contributed by atoms with Gasteiger partial charge in [0.1, 0.15) is 0 Å². The van der Waals surface area contributed by atoms with E-state index in [4.69, 9.17) is 0 Å². The molecule has 2 heterocycles. The van der Waals surface area contributed by atoms with E-state index in [1.807, 2.05) is 0 Å². The first kappa shape index (κ1) is 13.2. The number of hydrogen-bond donors (Lipinski definition) is 0. The summed E-state index contributed by atoms with van der Waals surface area (Å²) in [5, 5.41) is 2.37. The zero-order chi connectivity index (χ0) is 11.2. The molecule has 0 aliphatic carbocycles. The van der Waals surface area contributed by atoms with E-state index < -0.39 is 0 Å².